The molecular weight excluding hydrogens is 577 g/mol. The highest BCUT2D eigenvalue weighted by Crippen LogP contribution is 2.46. The number of hydrogen-bond donors (Lipinski definition) is 0. The van der Waals surface area contributed by atoms with E-state index in [9.17, 15) is 0 Å². The van der Waals surface area contributed by atoms with Gasteiger partial charge in [0.1, 0.15) is 5.01 Å². The molecule has 3 heteroatoms. The van der Waals surface area contributed by atoms with Crippen LogP contribution in [-0.4, -0.2) is 9.55 Å². The fraction of sp³-hybridized carbons (Fsp3) is 0. The van der Waals surface area contributed by atoms with E-state index < -0.39 is 0 Å². The molecule has 46 heavy (non-hydrogen) atoms. The first-order chi connectivity index (χ1) is 22.8. The van der Waals surface area contributed by atoms with E-state index in [0.717, 1.165) is 16.2 Å². The number of thiazole rings is 1. The molecule has 0 aliphatic carbocycles. The molecule has 0 bridgehead atoms. The van der Waals surface area contributed by atoms with Crippen LogP contribution in [0.3, 0.4) is 0 Å². The number of benzene rings is 8. The molecule has 0 fully saturated rings. The van der Waals surface area contributed by atoms with Crippen LogP contribution in [0.2, 0.25) is 0 Å². The average Bonchev–Trinajstić information content (AvgIpc) is 3.69. The van der Waals surface area contributed by atoms with E-state index in [0.29, 0.717) is 0 Å². The van der Waals surface area contributed by atoms with Crippen LogP contribution in [0.5, 0.6) is 0 Å². The predicted octanol–water partition coefficient (Wildman–Crippen LogP) is 12.2. The summed E-state index contributed by atoms with van der Waals surface area (Å²) < 4.78 is 3.55. The predicted molar refractivity (Wildman–Crippen MR) is 197 cm³/mol. The smallest absolute Gasteiger partial charge is 0.125 e. The van der Waals surface area contributed by atoms with E-state index in [4.69, 9.17) is 4.98 Å². The summed E-state index contributed by atoms with van der Waals surface area (Å²) in [6.45, 7) is 0. The Labute approximate surface area is 269 Å². The van der Waals surface area contributed by atoms with E-state index >= 15 is 0 Å². The van der Waals surface area contributed by atoms with Gasteiger partial charge < -0.3 is 4.57 Å². The molecule has 0 saturated carbocycles. The summed E-state index contributed by atoms with van der Waals surface area (Å²) in [5.74, 6) is 0. The lowest BCUT2D eigenvalue weighted by molar-refractivity contribution is 1.18. The molecule has 8 aromatic carbocycles. The lowest BCUT2D eigenvalue weighted by atomic mass is 9.87. The lowest BCUT2D eigenvalue weighted by Crippen LogP contribution is -1.93. The molecule has 214 valence electrons. The van der Waals surface area contributed by atoms with Crippen molar-refractivity contribution in [2.45, 2.75) is 0 Å². The van der Waals surface area contributed by atoms with Crippen molar-refractivity contribution in [1.82, 2.24) is 9.55 Å². The molecule has 0 radical (unpaired) electrons. The molecule has 0 saturated heterocycles. The van der Waals surface area contributed by atoms with Gasteiger partial charge in [-0.2, -0.15) is 0 Å². The summed E-state index contributed by atoms with van der Waals surface area (Å²) in [5.41, 5.74) is 8.31. The van der Waals surface area contributed by atoms with E-state index in [1.54, 1.807) is 11.3 Å². The number of fused-ring (bicyclic) bond motifs is 7. The molecule has 0 aliphatic heterocycles. The zero-order chi connectivity index (χ0) is 30.2. The van der Waals surface area contributed by atoms with E-state index in [1.165, 1.54) is 75.5 Å². The highest BCUT2D eigenvalue weighted by atomic mass is 32.1. The molecule has 0 spiro atoms. The lowest BCUT2D eigenvalue weighted by Gasteiger charge is -2.17. The molecule has 2 aromatic heterocycles. The van der Waals surface area contributed by atoms with Gasteiger partial charge in [0.2, 0.25) is 0 Å². The van der Waals surface area contributed by atoms with Gasteiger partial charge in [0.25, 0.3) is 0 Å². The first-order valence-electron chi connectivity index (χ1n) is 15.6. The van der Waals surface area contributed by atoms with Crippen LogP contribution in [0.25, 0.3) is 91.7 Å². The maximum absolute atomic E-state index is 5.37. The Balaban J connectivity index is 1.23. The molecule has 2 nitrogen and oxygen atoms in total. The van der Waals surface area contributed by atoms with Gasteiger partial charge in [-0.1, -0.05) is 127 Å². The quantitative estimate of drug-likeness (QED) is 0.184. The third kappa shape index (κ3) is 3.67. The first-order valence-corrected chi connectivity index (χ1v) is 16.5. The zero-order valence-corrected chi connectivity index (χ0v) is 25.6. The second-order valence-corrected chi connectivity index (χ2v) is 12.9. The van der Waals surface area contributed by atoms with Crippen molar-refractivity contribution in [2.75, 3.05) is 0 Å². The van der Waals surface area contributed by atoms with E-state index in [-0.39, 0.29) is 0 Å². The number of nitrogens with zero attached hydrogens (tertiary/aromatic N) is 2. The maximum Gasteiger partial charge on any atom is 0.125 e. The largest absolute Gasteiger partial charge is 0.309 e. The minimum Gasteiger partial charge on any atom is -0.309 e. The SMILES string of the molecule is c1ccc2c(-c3c4ccccc4c(-c4nc5cc(-n6c7ccccc7c7ccccc76)ccc5s4)c4ccccc34)cccc2c1. The van der Waals surface area contributed by atoms with Gasteiger partial charge >= 0.3 is 0 Å². The van der Waals surface area contributed by atoms with Crippen LogP contribution in [0.4, 0.5) is 0 Å². The zero-order valence-electron chi connectivity index (χ0n) is 24.8. The molecule has 0 amide bonds. The summed E-state index contributed by atoms with van der Waals surface area (Å²) in [6.07, 6.45) is 0. The van der Waals surface area contributed by atoms with Gasteiger partial charge in [-0.15, -0.1) is 11.3 Å². The van der Waals surface area contributed by atoms with Gasteiger partial charge in [-0.3, -0.25) is 0 Å². The normalized spacial score (nSPS) is 11.9. The summed E-state index contributed by atoms with van der Waals surface area (Å²) in [5, 5.41) is 11.1. The Morgan fingerprint density at radius 1 is 0.435 bits per heavy atom. The molecule has 0 N–H and O–H groups in total. The van der Waals surface area contributed by atoms with Crippen LogP contribution in [0, 0.1) is 0 Å². The molecule has 0 aliphatic rings. The Morgan fingerprint density at radius 3 is 1.61 bits per heavy atom. The van der Waals surface area contributed by atoms with Gasteiger partial charge in [0, 0.05) is 22.0 Å². The van der Waals surface area contributed by atoms with Crippen molar-refractivity contribution in [3.63, 3.8) is 0 Å². The van der Waals surface area contributed by atoms with Crippen molar-refractivity contribution < 1.29 is 0 Å². The Kier molecular flexibility index (Phi) is 5.48. The van der Waals surface area contributed by atoms with E-state index in [1.807, 2.05) is 0 Å². The Hall–Kier alpha value is -5.77. The maximum atomic E-state index is 5.37. The topological polar surface area (TPSA) is 17.8 Å². The van der Waals surface area contributed by atoms with E-state index in [2.05, 4.69) is 162 Å². The average molecular weight is 603 g/mol. The van der Waals surface area contributed by atoms with Crippen molar-refractivity contribution in [1.29, 1.82) is 0 Å². The standard InChI is InChI=1S/C43H26N2S/c1-2-14-29-27(12-1)13-11-21-32(29)41-33-17-3-5-19-35(33)42(36-20-6-4-18-34(36)41)43-44-37-26-28(24-25-40(37)46-43)45-38-22-9-7-15-30(38)31-16-8-10-23-39(31)45/h1-26H. The van der Waals surface area contributed by atoms with Crippen LogP contribution in [-0.2, 0) is 0 Å². The summed E-state index contributed by atoms with van der Waals surface area (Å²) in [7, 11) is 0. The molecule has 2 heterocycles. The monoisotopic (exact) mass is 602 g/mol. The Bertz CT molecular complexity index is 2700. The van der Waals surface area contributed by atoms with Crippen molar-refractivity contribution >= 4 is 75.7 Å². The fourth-order valence-electron chi connectivity index (χ4n) is 7.45. The van der Waals surface area contributed by atoms with Crippen LogP contribution in [0.1, 0.15) is 0 Å². The third-order valence-electron chi connectivity index (χ3n) is 9.41. The summed E-state index contributed by atoms with van der Waals surface area (Å²) in [6, 6.07) is 57.1. The molecule has 0 atom stereocenters. The second kappa shape index (κ2) is 9.87. The molecule has 10 rings (SSSR count). The number of aromatic nitrogens is 2. The number of para-hydroxylation sites is 2. The second-order valence-electron chi connectivity index (χ2n) is 11.9. The minimum atomic E-state index is 1.02. The molecule has 0 unspecified atom stereocenters. The third-order valence-corrected chi connectivity index (χ3v) is 10.5. The highest BCUT2D eigenvalue weighted by molar-refractivity contribution is 7.21. The summed E-state index contributed by atoms with van der Waals surface area (Å²) in [4.78, 5) is 5.37. The van der Waals surface area contributed by atoms with Gasteiger partial charge in [0.05, 0.1) is 21.3 Å². The van der Waals surface area contributed by atoms with Crippen molar-refractivity contribution in [3.8, 4) is 27.4 Å². The number of hydrogen-bond acceptors (Lipinski definition) is 2. The fourth-order valence-corrected chi connectivity index (χ4v) is 8.47. The van der Waals surface area contributed by atoms with Crippen LogP contribution < -0.4 is 0 Å². The summed E-state index contributed by atoms with van der Waals surface area (Å²) >= 11 is 1.78. The first kappa shape index (κ1) is 25.5. The van der Waals surface area contributed by atoms with Gasteiger partial charge in [-0.25, -0.2) is 4.98 Å². The minimum absolute atomic E-state index is 1.02. The Morgan fingerprint density at radius 2 is 0.957 bits per heavy atom. The molecular formula is C43H26N2S. The molecule has 10 aromatic rings. The van der Waals surface area contributed by atoms with Crippen molar-refractivity contribution in [3.05, 3.63) is 158 Å². The highest BCUT2D eigenvalue weighted by Gasteiger charge is 2.20. The van der Waals surface area contributed by atoms with Crippen LogP contribution >= 0.6 is 11.3 Å². The van der Waals surface area contributed by atoms with Gasteiger partial charge in [-0.05, 0) is 73.8 Å². The van der Waals surface area contributed by atoms with Crippen molar-refractivity contribution in [2.24, 2.45) is 0 Å². The number of rotatable bonds is 3. The van der Waals surface area contributed by atoms with Gasteiger partial charge in [0.15, 0.2) is 0 Å². The van der Waals surface area contributed by atoms with Crippen LogP contribution in [0.15, 0.2) is 158 Å².